The number of benzene rings is 19. The summed E-state index contributed by atoms with van der Waals surface area (Å²) < 4.78 is 86.8. The van der Waals surface area contributed by atoms with Gasteiger partial charge in [0.1, 0.15) is 11.2 Å². The van der Waals surface area contributed by atoms with E-state index < -0.39 is 17.5 Å². The van der Waals surface area contributed by atoms with Crippen LogP contribution in [0.4, 0.5) is 34.1 Å². The standard InChI is InChI=1S/C122H87BN6O/c1-121(2,3)82-68-95(76-33-11-7-12-34-76)119(96(69-82)77-35-13-8-14-36-77)128-112-74-86(126-108-52-30-23-45-92(108)99-72-84(58-62-110(99)126)124-104-48-26-19-41-88(104)89-42-20-27-49-105(89)124)56-60-102(112)123-103-61-57-87(127-109-53-31-24-46-93(109)100-73-85(59-63-111(100)127)125-106-50-28-21-43-90(106)91-44-22-29-51-107(91)125)75-113(103)129(115-67-81(66-114(128)118(115)123)80-55-64-117-101(65-80)94-47-25-32-54-116(94)130-117)120-97(78-37-15-9-16-38-78)70-83(122(4,5)6)71-98(120)79-39-17-10-18-40-79/h7-75H,1-6H3/i56D,57D,60D,61D,74D,75D. The Labute approximate surface area is 762 Å². The van der Waals surface area contributed by atoms with E-state index in [0.29, 0.717) is 39.6 Å². The molecule has 26 rings (SSSR count). The Morgan fingerprint density at radius 1 is 0.238 bits per heavy atom. The minimum absolute atomic E-state index is 0.0442. The van der Waals surface area contributed by atoms with E-state index in [1.54, 1.807) is 0 Å². The van der Waals surface area contributed by atoms with Crippen molar-refractivity contribution in [2.45, 2.75) is 52.4 Å². The lowest BCUT2D eigenvalue weighted by atomic mass is 9.33. The average Bonchev–Trinajstić information content (AvgIpc) is 1.63. The summed E-state index contributed by atoms with van der Waals surface area (Å²) >= 11 is 0. The molecule has 0 amide bonds. The van der Waals surface area contributed by atoms with Gasteiger partial charge in [-0.25, -0.2) is 0 Å². The molecule has 8 heteroatoms. The molecule has 0 saturated carbocycles. The quantitative estimate of drug-likeness (QED) is 0.121. The highest BCUT2D eigenvalue weighted by atomic mass is 16.3. The van der Waals surface area contributed by atoms with Crippen molar-refractivity contribution in [1.82, 2.24) is 18.3 Å². The van der Waals surface area contributed by atoms with Gasteiger partial charge in [0.2, 0.25) is 0 Å². The molecule has 2 aliphatic heterocycles. The number of fused-ring (bicyclic) bond motifs is 19. The van der Waals surface area contributed by atoms with Crippen molar-refractivity contribution in [3.05, 3.63) is 430 Å². The van der Waals surface area contributed by atoms with Gasteiger partial charge in [-0.15, -0.1) is 0 Å². The number of furan rings is 1. The molecule has 24 aromatic rings. The number of hydrogen-bond donors (Lipinski definition) is 0. The first-order valence-electron chi connectivity index (χ1n) is 47.9. The van der Waals surface area contributed by atoms with Crippen LogP contribution in [0.15, 0.2) is 423 Å². The van der Waals surface area contributed by atoms with Crippen LogP contribution in [0.1, 0.15) is 60.9 Å². The van der Waals surface area contributed by atoms with Gasteiger partial charge in [0.25, 0.3) is 6.71 Å². The van der Waals surface area contributed by atoms with E-state index in [1.807, 2.05) is 60.7 Å². The van der Waals surface area contributed by atoms with Crippen LogP contribution in [0.2, 0.25) is 0 Å². The molecule has 2 aliphatic rings. The van der Waals surface area contributed by atoms with E-state index in [-0.39, 0.29) is 58.6 Å². The number of para-hydroxylation sites is 7. The molecule has 0 fully saturated rings. The van der Waals surface area contributed by atoms with Gasteiger partial charge < -0.3 is 32.5 Å². The molecule has 0 radical (unpaired) electrons. The predicted octanol–water partition coefficient (Wildman–Crippen LogP) is 31.0. The lowest BCUT2D eigenvalue weighted by Gasteiger charge is -2.46. The first-order valence-corrected chi connectivity index (χ1v) is 44.9. The third-order valence-corrected chi connectivity index (χ3v) is 27.4. The van der Waals surface area contributed by atoms with Crippen molar-refractivity contribution in [2.75, 3.05) is 9.80 Å². The fraction of sp³-hybridized carbons (Fsp3) is 0.0656. The highest BCUT2D eigenvalue weighted by Gasteiger charge is 2.47. The van der Waals surface area contributed by atoms with Crippen LogP contribution in [0.3, 0.4) is 0 Å². The van der Waals surface area contributed by atoms with Gasteiger partial charge in [0, 0.05) is 122 Å². The Morgan fingerprint density at radius 3 is 0.908 bits per heavy atom. The molecule has 614 valence electrons. The normalized spacial score (nSPS) is 13.4. The Kier molecular flexibility index (Phi) is 15.2. The van der Waals surface area contributed by atoms with Crippen molar-refractivity contribution in [2.24, 2.45) is 0 Å². The Morgan fingerprint density at radius 2 is 0.546 bits per heavy atom. The molecule has 7 heterocycles. The largest absolute Gasteiger partial charge is 0.456 e. The van der Waals surface area contributed by atoms with E-state index in [9.17, 15) is 8.22 Å². The van der Waals surface area contributed by atoms with Crippen molar-refractivity contribution < 1.29 is 12.6 Å². The summed E-state index contributed by atoms with van der Waals surface area (Å²) in [7, 11) is 0. The highest BCUT2D eigenvalue weighted by molar-refractivity contribution is 7.00. The third kappa shape index (κ3) is 11.5. The average molecular weight is 1670 g/mol. The SMILES string of the molecule is [2H]c1c([2H])c(-n2c3ccccc3c3cc(-n4c5ccccc5c5ccccc54)ccc32)c([2H])c2c1B1c3c(cc(-c4ccc5oc6ccccc6c5c4)cc3N(c3c(-c4ccccc4)cc(C(C)(C)C)cc3-c3ccccc3)c3c([2H])c(-n4c5ccccc5c5cc(-n6c7ccccc7c7ccccc76)ccc54)c([2H])c([2H])c31)N2c1c(-c2ccccc2)cc(C(C)(C)C)cc1-c1ccccc1. The van der Waals surface area contributed by atoms with E-state index in [1.165, 1.54) is 0 Å². The molecule has 19 aromatic carbocycles. The van der Waals surface area contributed by atoms with Gasteiger partial charge in [-0.2, -0.15) is 0 Å². The summed E-state index contributed by atoms with van der Waals surface area (Å²) in [5.74, 6) is 0. The summed E-state index contributed by atoms with van der Waals surface area (Å²) in [5.41, 5.74) is 25.3. The lowest BCUT2D eigenvalue weighted by molar-refractivity contribution is 0.590. The van der Waals surface area contributed by atoms with Crippen molar-refractivity contribution in [3.63, 3.8) is 0 Å². The van der Waals surface area contributed by atoms with Crippen LogP contribution in [0.5, 0.6) is 0 Å². The summed E-state index contributed by atoms with van der Waals surface area (Å²) in [6.07, 6.45) is 0. The number of aromatic nitrogens is 4. The molecule has 0 aliphatic carbocycles. The lowest BCUT2D eigenvalue weighted by Crippen LogP contribution is -2.61. The van der Waals surface area contributed by atoms with Gasteiger partial charge >= 0.3 is 0 Å². The summed E-state index contributed by atoms with van der Waals surface area (Å²) in [4.78, 5) is 4.56. The van der Waals surface area contributed by atoms with E-state index in [2.05, 4.69) is 391 Å². The van der Waals surface area contributed by atoms with Crippen LogP contribution in [-0.4, -0.2) is 25.0 Å². The van der Waals surface area contributed by atoms with Gasteiger partial charge in [0.05, 0.1) is 63.7 Å². The van der Waals surface area contributed by atoms with Gasteiger partial charge in [0.15, 0.2) is 0 Å². The molecule has 0 bridgehead atoms. The van der Waals surface area contributed by atoms with Crippen LogP contribution in [0.25, 0.3) is 188 Å². The zero-order valence-electron chi connectivity index (χ0n) is 78.5. The Bertz CT molecular complexity index is 8540. The maximum absolute atomic E-state index is 12.3. The maximum atomic E-state index is 12.3. The van der Waals surface area contributed by atoms with E-state index >= 15 is 0 Å². The van der Waals surface area contributed by atoms with Crippen molar-refractivity contribution in [1.29, 1.82) is 0 Å². The van der Waals surface area contributed by atoms with Crippen molar-refractivity contribution >= 4 is 166 Å². The molecule has 7 nitrogen and oxygen atoms in total. The molecule has 0 N–H and O–H groups in total. The second-order valence-corrected chi connectivity index (χ2v) is 37.0. The van der Waals surface area contributed by atoms with Crippen LogP contribution in [0, 0.1) is 0 Å². The summed E-state index contributed by atoms with van der Waals surface area (Å²) in [6, 6.07) is 133. The second kappa shape index (κ2) is 28.7. The zero-order valence-corrected chi connectivity index (χ0v) is 72.5. The minimum atomic E-state index is -1.25. The minimum Gasteiger partial charge on any atom is -0.456 e. The van der Waals surface area contributed by atoms with Gasteiger partial charge in [-0.3, -0.25) is 0 Å². The number of anilines is 6. The molecule has 130 heavy (non-hydrogen) atoms. The second-order valence-electron chi connectivity index (χ2n) is 37.0. The molecule has 0 unspecified atom stereocenters. The first kappa shape index (κ1) is 69.1. The molecule has 0 saturated heterocycles. The summed E-state index contributed by atoms with van der Waals surface area (Å²) in [5, 5.41) is 9.96. The predicted molar refractivity (Wildman–Crippen MR) is 550 cm³/mol. The molecule has 0 atom stereocenters. The van der Waals surface area contributed by atoms with E-state index in [4.69, 9.17) is 4.42 Å². The van der Waals surface area contributed by atoms with E-state index in [0.717, 1.165) is 187 Å². The highest BCUT2D eigenvalue weighted by Crippen LogP contribution is 2.57. The monoisotopic (exact) mass is 1670 g/mol. The first-order chi connectivity index (χ1) is 66.3. The third-order valence-electron chi connectivity index (χ3n) is 27.4. The van der Waals surface area contributed by atoms with Crippen LogP contribution >= 0.6 is 0 Å². The number of hydrogen-bond acceptors (Lipinski definition) is 3. The smallest absolute Gasteiger partial charge is 0.252 e. The summed E-state index contributed by atoms with van der Waals surface area (Å²) in [6.45, 7) is 12.3. The fourth-order valence-electron chi connectivity index (χ4n) is 21.3. The molecular weight excluding hydrogens is 1580 g/mol. The topological polar surface area (TPSA) is 39.3 Å². The number of rotatable bonds is 11. The van der Waals surface area contributed by atoms with Crippen LogP contribution in [-0.2, 0) is 10.8 Å². The van der Waals surface area contributed by atoms with Crippen LogP contribution < -0.4 is 26.2 Å². The number of nitrogens with zero attached hydrogens (tertiary/aromatic N) is 6. The molecule has 0 spiro atoms. The zero-order chi connectivity index (χ0) is 91.7. The Hall–Kier alpha value is -16.2. The van der Waals surface area contributed by atoms with Gasteiger partial charge in [-0.05, 0) is 223 Å². The van der Waals surface area contributed by atoms with Crippen molar-refractivity contribution in [3.8, 4) is 78.4 Å². The fourth-order valence-corrected chi connectivity index (χ4v) is 21.3. The maximum Gasteiger partial charge on any atom is 0.252 e. The van der Waals surface area contributed by atoms with Gasteiger partial charge in [-0.1, -0.05) is 308 Å². The Balaban J connectivity index is 0.853. The molecular formula is C122H87BN6O. The molecule has 5 aromatic heterocycles.